The Hall–Kier alpha value is -2.79. The highest BCUT2D eigenvalue weighted by Crippen LogP contribution is 2.26. The van der Waals surface area contributed by atoms with E-state index in [2.05, 4.69) is 4.99 Å². The van der Waals surface area contributed by atoms with E-state index in [-0.39, 0.29) is 11.6 Å². The molecule has 1 aliphatic rings. The quantitative estimate of drug-likeness (QED) is 0.321. The number of carbonyl (C=O) groups is 1. The van der Waals surface area contributed by atoms with Gasteiger partial charge in [-0.2, -0.15) is 0 Å². The van der Waals surface area contributed by atoms with E-state index in [4.69, 9.17) is 44.3 Å². The second-order valence-corrected chi connectivity index (χ2v) is 7.70. The molecule has 3 aromatic rings. The van der Waals surface area contributed by atoms with Gasteiger partial charge in [-0.25, -0.2) is 9.79 Å². The van der Waals surface area contributed by atoms with Gasteiger partial charge in [0.1, 0.15) is 12.4 Å². The molecule has 0 saturated carbocycles. The molecule has 0 aromatic heterocycles. The van der Waals surface area contributed by atoms with Crippen LogP contribution in [-0.4, -0.2) is 11.9 Å². The molecule has 0 atom stereocenters. The lowest BCUT2D eigenvalue weighted by Gasteiger charge is -2.06. The summed E-state index contributed by atoms with van der Waals surface area (Å²) in [6, 6.07) is 19.7. The summed E-state index contributed by atoms with van der Waals surface area (Å²) >= 11 is 17.8. The van der Waals surface area contributed by atoms with E-state index in [1.807, 2.05) is 48.5 Å². The molecule has 1 heterocycles. The molecule has 0 saturated heterocycles. The van der Waals surface area contributed by atoms with Gasteiger partial charge in [0.25, 0.3) is 0 Å². The van der Waals surface area contributed by atoms with E-state index >= 15 is 0 Å². The average molecular weight is 459 g/mol. The molecule has 30 heavy (non-hydrogen) atoms. The highest BCUT2D eigenvalue weighted by atomic mass is 35.5. The average Bonchev–Trinajstić information content (AvgIpc) is 3.11. The molecular formula is C23H14Cl3NO3. The number of hydrogen-bond acceptors (Lipinski definition) is 4. The Kier molecular flexibility index (Phi) is 6.09. The van der Waals surface area contributed by atoms with E-state index in [1.54, 1.807) is 24.3 Å². The van der Waals surface area contributed by atoms with Crippen LogP contribution >= 0.6 is 34.8 Å². The normalized spacial score (nSPS) is 14.6. The highest BCUT2D eigenvalue weighted by Gasteiger charge is 2.24. The highest BCUT2D eigenvalue weighted by molar-refractivity contribution is 6.42. The summed E-state index contributed by atoms with van der Waals surface area (Å²) in [6.45, 7) is 0.432. The molecule has 0 amide bonds. The van der Waals surface area contributed by atoms with Crippen molar-refractivity contribution < 1.29 is 14.3 Å². The fourth-order valence-corrected chi connectivity index (χ4v) is 3.15. The van der Waals surface area contributed by atoms with Crippen molar-refractivity contribution >= 4 is 52.7 Å². The van der Waals surface area contributed by atoms with Crippen molar-refractivity contribution in [3.8, 4) is 5.75 Å². The summed E-state index contributed by atoms with van der Waals surface area (Å²) in [5.41, 5.74) is 2.58. The number of ether oxygens (including phenoxy) is 2. The Morgan fingerprint density at radius 3 is 2.33 bits per heavy atom. The van der Waals surface area contributed by atoms with Crippen molar-refractivity contribution in [2.75, 3.05) is 0 Å². The predicted molar refractivity (Wildman–Crippen MR) is 119 cm³/mol. The minimum Gasteiger partial charge on any atom is -0.489 e. The Balaban J connectivity index is 1.46. The zero-order valence-electron chi connectivity index (χ0n) is 15.4. The monoisotopic (exact) mass is 457 g/mol. The van der Waals surface area contributed by atoms with Crippen LogP contribution in [-0.2, 0) is 16.1 Å². The van der Waals surface area contributed by atoms with E-state index in [0.29, 0.717) is 33.0 Å². The van der Waals surface area contributed by atoms with Crippen molar-refractivity contribution in [1.82, 2.24) is 0 Å². The van der Waals surface area contributed by atoms with Crippen LogP contribution in [0.5, 0.6) is 5.75 Å². The van der Waals surface area contributed by atoms with Crippen LogP contribution in [0.1, 0.15) is 16.7 Å². The first-order chi connectivity index (χ1) is 14.5. The summed E-state index contributed by atoms with van der Waals surface area (Å²) in [6.07, 6.45) is 1.65. The molecule has 0 radical (unpaired) electrons. The van der Waals surface area contributed by atoms with E-state index in [0.717, 1.165) is 11.1 Å². The number of aliphatic imine (C=N–C) groups is 1. The van der Waals surface area contributed by atoms with Gasteiger partial charge in [0.15, 0.2) is 5.70 Å². The third-order valence-corrected chi connectivity index (χ3v) is 5.28. The van der Waals surface area contributed by atoms with Crippen molar-refractivity contribution in [1.29, 1.82) is 0 Å². The van der Waals surface area contributed by atoms with Crippen LogP contribution in [0.15, 0.2) is 77.4 Å². The standard InChI is InChI=1S/C23H14Cl3NO3/c24-17-6-1-15(2-7-17)13-29-18-8-3-14(4-9-18)11-21-23(28)30-22(27-21)16-5-10-19(25)20(26)12-16/h1-12H,13H2/b21-11-. The van der Waals surface area contributed by atoms with Crippen LogP contribution in [0.25, 0.3) is 6.08 Å². The number of rotatable bonds is 5. The fourth-order valence-electron chi connectivity index (χ4n) is 2.73. The molecule has 4 rings (SSSR count). The second kappa shape index (κ2) is 8.92. The molecule has 7 heteroatoms. The van der Waals surface area contributed by atoms with Crippen LogP contribution in [0.4, 0.5) is 0 Å². The van der Waals surface area contributed by atoms with Crippen molar-refractivity contribution in [3.05, 3.63) is 104 Å². The Morgan fingerprint density at radius 1 is 0.900 bits per heavy atom. The molecule has 0 unspecified atom stereocenters. The summed E-state index contributed by atoms with van der Waals surface area (Å²) in [5, 5.41) is 1.46. The maximum atomic E-state index is 12.2. The molecule has 0 bridgehead atoms. The van der Waals surface area contributed by atoms with Gasteiger partial charge < -0.3 is 9.47 Å². The van der Waals surface area contributed by atoms with E-state index < -0.39 is 5.97 Å². The predicted octanol–water partition coefficient (Wildman–Crippen LogP) is 6.57. The summed E-state index contributed by atoms with van der Waals surface area (Å²) in [4.78, 5) is 16.4. The maximum Gasteiger partial charge on any atom is 0.363 e. The van der Waals surface area contributed by atoms with Crippen LogP contribution in [0.3, 0.4) is 0 Å². The topological polar surface area (TPSA) is 47.9 Å². The minimum absolute atomic E-state index is 0.188. The fraction of sp³-hybridized carbons (Fsp3) is 0.0435. The lowest BCUT2D eigenvalue weighted by Crippen LogP contribution is -2.05. The molecule has 0 spiro atoms. The Morgan fingerprint density at radius 2 is 1.63 bits per heavy atom. The summed E-state index contributed by atoms with van der Waals surface area (Å²) < 4.78 is 11.0. The third-order valence-electron chi connectivity index (χ3n) is 4.29. The lowest BCUT2D eigenvalue weighted by atomic mass is 10.2. The van der Waals surface area contributed by atoms with Crippen LogP contribution in [0.2, 0.25) is 15.1 Å². The molecule has 0 N–H and O–H groups in total. The molecule has 1 aliphatic heterocycles. The largest absolute Gasteiger partial charge is 0.489 e. The van der Waals surface area contributed by atoms with Gasteiger partial charge in [-0.15, -0.1) is 0 Å². The number of halogens is 3. The zero-order chi connectivity index (χ0) is 21.1. The van der Waals surface area contributed by atoms with Crippen molar-refractivity contribution in [3.63, 3.8) is 0 Å². The van der Waals surface area contributed by atoms with Crippen molar-refractivity contribution in [2.24, 2.45) is 4.99 Å². The van der Waals surface area contributed by atoms with Gasteiger partial charge in [-0.05, 0) is 59.7 Å². The van der Waals surface area contributed by atoms with Gasteiger partial charge in [-0.1, -0.05) is 59.1 Å². The number of carbonyl (C=O) groups excluding carboxylic acids is 1. The maximum absolute atomic E-state index is 12.2. The third kappa shape index (κ3) is 4.85. The van der Waals surface area contributed by atoms with Crippen LogP contribution < -0.4 is 4.74 Å². The van der Waals surface area contributed by atoms with Gasteiger partial charge in [0.05, 0.1) is 10.0 Å². The summed E-state index contributed by atoms with van der Waals surface area (Å²) in [7, 11) is 0. The minimum atomic E-state index is -0.529. The number of hydrogen-bond donors (Lipinski definition) is 0. The molecule has 150 valence electrons. The van der Waals surface area contributed by atoms with Gasteiger partial charge >= 0.3 is 5.97 Å². The number of cyclic esters (lactones) is 1. The van der Waals surface area contributed by atoms with E-state index in [1.165, 1.54) is 0 Å². The SMILES string of the molecule is O=C1OC(c2ccc(Cl)c(Cl)c2)=N/C1=C\c1ccc(OCc2ccc(Cl)cc2)cc1. The second-order valence-electron chi connectivity index (χ2n) is 6.45. The first-order valence-electron chi connectivity index (χ1n) is 8.93. The van der Waals surface area contributed by atoms with Gasteiger partial charge in [0, 0.05) is 10.6 Å². The van der Waals surface area contributed by atoms with Gasteiger partial charge in [0.2, 0.25) is 5.90 Å². The molecule has 0 fully saturated rings. The molecule has 3 aromatic carbocycles. The first kappa shape index (κ1) is 20.5. The van der Waals surface area contributed by atoms with Crippen LogP contribution in [0, 0.1) is 0 Å². The lowest BCUT2D eigenvalue weighted by molar-refractivity contribution is -0.129. The molecular weight excluding hydrogens is 445 g/mol. The first-order valence-corrected chi connectivity index (χ1v) is 10.1. The number of nitrogens with zero attached hydrogens (tertiary/aromatic N) is 1. The molecule has 0 aliphatic carbocycles. The Bertz CT molecular complexity index is 1150. The summed E-state index contributed by atoms with van der Waals surface area (Å²) in [5.74, 6) is 0.368. The number of benzene rings is 3. The zero-order valence-corrected chi connectivity index (χ0v) is 17.7. The molecule has 4 nitrogen and oxygen atoms in total. The van der Waals surface area contributed by atoms with Gasteiger partial charge in [-0.3, -0.25) is 0 Å². The smallest absolute Gasteiger partial charge is 0.363 e. The Labute approximate surface area is 188 Å². The van der Waals surface area contributed by atoms with Crippen molar-refractivity contribution in [2.45, 2.75) is 6.61 Å². The van der Waals surface area contributed by atoms with E-state index in [9.17, 15) is 4.79 Å². The number of esters is 1.